The van der Waals surface area contributed by atoms with E-state index in [0.29, 0.717) is 27.9 Å². The zero-order valence-corrected chi connectivity index (χ0v) is 10.4. The summed E-state index contributed by atoms with van der Waals surface area (Å²) in [6, 6.07) is 1.66. The van der Waals surface area contributed by atoms with E-state index < -0.39 is 10.8 Å². The van der Waals surface area contributed by atoms with Gasteiger partial charge in [0.1, 0.15) is 10.4 Å². The fourth-order valence-corrected chi connectivity index (χ4v) is 2.85. The van der Waals surface area contributed by atoms with Crippen molar-refractivity contribution in [2.75, 3.05) is 35.2 Å². The van der Waals surface area contributed by atoms with Crippen LogP contribution in [-0.4, -0.2) is 38.8 Å². The largest absolute Gasteiger partial charge is 0.383 e. The number of nitrogens with zero attached hydrogens (tertiary/aromatic N) is 3. The van der Waals surface area contributed by atoms with E-state index in [0.717, 1.165) is 13.1 Å². The van der Waals surface area contributed by atoms with E-state index in [9.17, 15) is 4.21 Å². The third-order valence-electron chi connectivity index (χ3n) is 2.16. The third kappa shape index (κ3) is 2.66. The minimum atomic E-state index is -0.686. The Balaban J connectivity index is 2.18. The number of anilines is 2. The van der Waals surface area contributed by atoms with Crippen LogP contribution in [-0.2, 0) is 10.8 Å². The number of halogens is 1. The van der Waals surface area contributed by atoms with E-state index in [1.165, 1.54) is 0 Å². The van der Waals surface area contributed by atoms with Crippen LogP contribution < -0.4 is 10.6 Å². The summed E-state index contributed by atoms with van der Waals surface area (Å²) in [6.45, 7) is 1.45. The number of hydrogen-bond acceptors (Lipinski definition) is 5. The van der Waals surface area contributed by atoms with E-state index in [-0.39, 0.29) is 0 Å². The van der Waals surface area contributed by atoms with Crippen molar-refractivity contribution in [3.05, 3.63) is 10.7 Å². The summed E-state index contributed by atoms with van der Waals surface area (Å²) in [7, 11) is -0.686. The van der Waals surface area contributed by atoms with Crippen LogP contribution in [0.2, 0.25) is 0 Å². The molecule has 2 N–H and O–H groups in total. The predicted molar refractivity (Wildman–Crippen MR) is 64.2 cm³/mol. The van der Waals surface area contributed by atoms with Crippen LogP contribution in [0.25, 0.3) is 0 Å². The van der Waals surface area contributed by atoms with Gasteiger partial charge in [0.25, 0.3) is 0 Å². The Labute approximate surface area is 98.7 Å². The lowest BCUT2D eigenvalue weighted by Crippen LogP contribution is -2.38. The molecule has 0 aromatic carbocycles. The van der Waals surface area contributed by atoms with Crippen molar-refractivity contribution in [2.45, 2.75) is 0 Å². The molecule has 2 heterocycles. The van der Waals surface area contributed by atoms with Gasteiger partial charge in [0.15, 0.2) is 0 Å². The molecule has 1 saturated heterocycles. The lowest BCUT2D eigenvalue weighted by molar-refractivity contribution is 0.671. The van der Waals surface area contributed by atoms with Crippen LogP contribution in [0.1, 0.15) is 0 Å². The maximum absolute atomic E-state index is 11.2. The summed E-state index contributed by atoms with van der Waals surface area (Å²) in [6.07, 6.45) is 0. The molecule has 2 rings (SSSR count). The molecule has 1 aromatic heterocycles. The monoisotopic (exact) mass is 290 g/mol. The highest BCUT2D eigenvalue weighted by molar-refractivity contribution is 9.10. The van der Waals surface area contributed by atoms with Crippen molar-refractivity contribution < 1.29 is 4.21 Å². The number of hydrogen-bond donors (Lipinski definition) is 1. The number of nitrogens with two attached hydrogens (primary N) is 1. The molecule has 0 aliphatic carbocycles. The Kier molecular flexibility index (Phi) is 3.20. The maximum Gasteiger partial charge on any atom is 0.228 e. The molecule has 1 fully saturated rings. The van der Waals surface area contributed by atoms with E-state index in [2.05, 4.69) is 25.9 Å². The van der Waals surface area contributed by atoms with Gasteiger partial charge in [-0.25, -0.2) is 4.98 Å². The summed E-state index contributed by atoms with van der Waals surface area (Å²) in [5.41, 5.74) is 5.63. The summed E-state index contributed by atoms with van der Waals surface area (Å²) in [5, 5.41) is 0. The molecule has 1 aliphatic rings. The molecule has 5 nitrogen and oxygen atoms in total. The van der Waals surface area contributed by atoms with E-state index in [1.807, 2.05) is 4.90 Å². The summed E-state index contributed by atoms with van der Waals surface area (Å²) in [4.78, 5) is 10.4. The molecule has 15 heavy (non-hydrogen) atoms. The molecule has 0 bridgehead atoms. The highest BCUT2D eigenvalue weighted by Crippen LogP contribution is 2.17. The van der Waals surface area contributed by atoms with Crippen LogP contribution in [0.4, 0.5) is 11.8 Å². The molecule has 0 spiro atoms. The number of aromatic nitrogens is 2. The van der Waals surface area contributed by atoms with E-state index in [1.54, 1.807) is 6.07 Å². The summed E-state index contributed by atoms with van der Waals surface area (Å²) >= 11 is 3.27. The average molecular weight is 291 g/mol. The van der Waals surface area contributed by atoms with Gasteiger partial charge >= 0.3 is 0 Å². The molecule has 0 unspecified atom stereocenters. The van der Waals surface area contributed by atoms with Crippen LogP contribution in [0.5, 0.6) is 0 Å². The van der Waals surface area contributed by atoms with Crippen LogP contribution in [0, 0.1) is 0 Å². The van der Waals surface area contributed by atoms with E-state index >= 15 is 0 Å². The van der Waals surface area contributed by atoms with Crippen molar-refractivity contribution in [1.82, 2.24) is 9.97 Å². The van der Waals surface area contributed by atoms with Crippen molar-refractivity contribution in [3.63, 3.8) is 0 Å². The molecule has 7 heteroatoms. The molecule has 0 atom stereocenters. The normalized spacial score (nSPS) is 18.1. The van der Waals surface area contributed by atoms with Crippen LogP contribution >= 0.6 is 15.9 Å². The lowest BCUT2D eigenvalue weighted by atomic mass is 10.5. The first-order valence-electron chi connectivity index (χ1n) is 4.55. The molecule has 82 valence electrons. The second-order valence-electron chi connectivity index (χ2n) is 3.25. The second kappa shape index (κ2) is 4.44. The third-order valence-corrected chi connectivity index (χ3v) is 3.85. The van der Waals surface area contributed by atoms with Gasteiger partial charge in [0.05, 0.1) is 0 Å². The van der Waals surface area contributed by atoms with Gasteiger partial charge < -0.3 is 10.6 Å². The smallest absolute Gasteiger partial charge is 0.228 e. The van der Waals surface area contributed by atoms with Gasteiger partial charge in [0, 0.05) is 41.5 Å². The Hall–Kier alpha value is -0.690. The van der Waals surface area contributed by atoms with Gasteiger partial charge in [-0.2, -0.15) is 4.98 Å². The van der Waals surface area contributed by atoms with Crippen LogP contribution in [0.15, 0.2) is 10.7 Å². The minimum absolute atomic E-state index is 0.443. The lowest BCUT2D eigenvalue weighted by Gasteiger charge is -2.26. The first-order chi connectivity index (χ1) is 7.15. The fraction of sp³-hybridized carbons (Fsp3) is 0.500. The van der Waals surface area contributed by atoms with Crippen molar-refractivity contribution in [3.8, 4) is 0 Å². The van der Waals surface area contributed by atoms with Crippen molar-refractivity contribution in [2.24, 2.45) is 0 Å². The van der Waals surface area contributed by atoms with Crippen molar-refractivity contribution in [1.29, 1.82) is 0 Å². The molecule has 1 aliphatic heterocycles. The minimum Gasteiger partial charge on any atom is -0.383 e. The van der Waals surface area contributed by atoms with Gasteiger partial charge in [-0.15, -0.1) is 0 Å². The van der Waals surface area contributed by atoms with E-state index in [4.69, 9.17) is 5.73 Å². The summed E-state index contributed by atoms with van der Waals surface area (Å²) < 4.78 is 11.9. The summed E-state index contributed by atoms with van der Waals surface area (Å²) in [5.74, 6) is 2.41. The molecule has 0 amide bonds. The first-order valence-corrected chi connectivity index (χ1v) is 6.83. The zero-order valence-electron chi connectivity index (χ0n) is 8.02. The zero-order chi connectivity index (χ0) is 10.8. The Morgan fingerprint density at radius 1 is 1.40 bits per heavy atom. The fourth-order valence-electron chi connectivity index (χ4n) is 1.40. The highest BCUT2D eigenvalue weighted by atomic mass is 79.9. The topological polar surface area (TPSA) is 72.1 Å². The molecule has 0 saturated carbocycles. The van der Waals surface area contributed by atoms with Gasteiger partial charge in [-0.1, -0.05) is 0 Å². The van der Waals surface area contributed by atoms with Gasteiger partial charge in [-0.3, -0.25) is 4.21 Å². The first kappa shape index (κ1) is 10.8. The Morgan fingerprint density at radius 3 is 2.67 bits per heavy atom. The molecule has 1 aromatic rings. The van der Waals surface area contributed by atoms with Crippen molar-refractivity contribution >= 4 is 38.5 Å². The second-order valence-corrected chi connectivity index (χ2v) is 5.76. The average Bonchev–Trinajstić information content (AvgIpc) is 2.17. The van der Waals surface area contributed by atoms with Gasteiger partial charge in [0.2, 0.25) is 5.95 Å². The predicted octanol–water partition coefficient (Wildman–Crippen LogP) is 0.390. The van der Waals surface area contributed by atoms with Crippen LogP contribution in [0.3, 0.4) is 0 Å². The molecular formula is C8H11BrN4OS. The van der Waals surface area contributed by atoms with Gasteiger partial charge in [-0.05, 0) is 15.9 Å². The maximum atomic E-state index is 11.2. The quantitative estimate of drug-likeness (QED) is 0.758. The SMILES string of the molecule is Nc1cc(Br)nc(N2CCS(=O)CC2)n1. The molecular weight excluding hydrogens is 280 g/mol. The standard InChI is InChI=1S/C8H11BrN4OS/c9-6-5-7(10)12-8(11-6)13-1-3-15(14)4-2-13/h5H,1-4H2,(H2,10,11,12). The Bertz CT molecular complexity index is 370. The number of nitrogen functional groups attached to an aromatic ring is 1. The number of rotatable bonds is 1. The highest BCUT2D eigenvalue weighted by Gasteiger charge is 2.18. The Morgan fingerprint density at radius 2 is 2.07 bits per heavy atom. The molecule has 0 radical (unpaired) electrons.